The first kappa shape index (κ1) is 24.8. The van der Waals surface area contributed by atoms with Gasteiger partial charge in [-0.05, 0) is 36.4 Å². The van der Waals surface area contributed by atoms with Crippen LogP contribution in [0.1, 0.15) is 31.1 Å². The molecular weight excluding hydrogens is 372 g/mol. The lowest BCUT2D eigenvalue weighted by atomic mass is 10.2. The second-order valence-corrected chi connectivity index (χ2v) is 5.01. The number of hydrogen-bond acceptors (Lipinski definition) is 3. The van der Waals surface area contributed by atoms with Gasteiger partial charge >= 0.3 is 17.9 Å². The highest BCUT2D eigenvalue weighted by Gasteiger charge is 1.98. The van der Waals surface area contributed by atoms with Gasteiger partial charge in [-0.25, -0.2) is 14.4 Å². The predicted molar refractivity (Wildman–Crippen MR) is 111 cm³/mol. The first-order valence-corrected chi connectivity index (χ1v) is 8.27. The molecule has 0 fully saturated rings. The van der Waals surface area contributed by atoms with Crippen LogP contribution in [0, 0.1) is 0 Å². The highest BCUT2D eigenvalue weighted by atomic mass is 16.4. The largest absolute Gasteiger partial charge is 0.478 e. The van der Waals surface area contributed by atoms with Crippen LogP contribution in [0.2, 0.25) is 0 Å². The first-order valence-electron chi connectivity index (χ1n) is 8.27. The zero-order valence-electron chi connectivity index (χ0n) is 15.6. The SMILES string of the molecule is C=C.O=C(O)c1ccccc1.O=C(O)c1ccccc1.O=C(O)c1ccccc1. The van der Waals surface area contributed by atoms with Crippen molar-refractivity contribution < 1.29 is 29.7 Å². The number of hydrogen-bond donors (Lipinski definition) is 3. The van der Waals surface area contributed by atoms with Gasteiger partial charge in [0.2, 0.25) is 0 Å². The molecule has 29 heavy (non-hydrogen) atoms. The van der Waals surface area contributed by atoms with Gasteiger partial charge in [-0.3, -0.25) is 0 Å². The van der Waals surface area contributed by atoms with Crippen LogP contribution in [0.4, 0.5) is 0 Å². The van der Waals surface area contributed by atoms with Crippen LogP contribution in [0.15, 0.2) is 104 Å². The number of benzene rings is 3. The number of carbonyl (C=O) groups is 3. The molecule has 0 unspecified atom stereocenters. The lowest BCUT2D eigenvalue weighted by molar-refractivity contribution is 0.0686. The molecule has 3 rings (SSSR count). The summed E-state index contributed by atoms with van der Waals surface area (Å²) in [7, 11) is 0. The Balaban J connectivity index is 0.000000388. The van der Waals surface area contributed by atoms with Crippen LogP contribution >= 0.6 is 0 Å². The van der Waals surface area contributed by atoms with Crippen molar-refractivity contribution in [1.29, 1.82) is 0 Å². The van der Waals surface area contributed by atoms with E-state index in [1.54, 1.807) is 91.0 Å². The monoisotopic (exact) mass is 394 g/mol. The third kappa shape index (κ3) is 11.2. The van der Waals surface area contributed by atoms with Crippen LogP contribution in [-0.4, -0.2) is 33.2 Å². The molecule has 3 N–H and O–H groups in total. The van der Waals surface area contributed by atoms with Crippen LogP contribution in [0.25, 0.3) is 0 Å². The molecule has 0 bridgehead atoms. The Bertz CT molecular complexity index is 744. The molecule has 0 radical (unpaired) electrons. The van der Waals surface area contributed by atoms with Gasteiger partial charge in [0.05, 0.1) is 16.7 Å². The average molecular weight is 394 g/mol. The van der Waals surface area contributed by atoms with Crippen LogP contribution in [0.3, 0.4) is 0 Å². The van der Waals surface area contributed by atoms with Gasteiger partial charge in [-0.15, -0.1) is 13.2 Å². The Labute approximate surface area is 169 Å². The molecular formula is C23H22O6. The molecule has 0 amide bonds. The predicted octanol–water partition coefficient (Wildman–Crippen LogP) is 4.96. The van der Waals surface area contributed by atoms with Crippen molar-refractivity contribution in [2.24, 2.45) is 0 Å². The number of carboxylic acids is 3. The fourth-order valence-electron chi connectivity index (χ4n) is 1.74. The maximum atomic E-state index is 10.2. The maximum absolute atomic E-state index is 10.2. The van der Waals surface area contributed by atoms with E-state index < -0.39 is 17.9 Å². The second kappa shape index (κ2) is 14.9. The molecule has 6 heteroatoms. The van der Waals surface area contributed by atoms with Crippen molar-refractivity contribution in [3.05, 3.63) is 121 Å². The van der Waals surface area contributed by atoms with E-state index in [1.165, 1.54) is 0 Å². The van der Waals surface area contributed by atoms with Gasteiger partial charge in [0.1, 0.15) is 0 Å². The summed E-state index contributed by atoms with van der Waals surface area (Å²) in [5, 5.41) is 25.2. The summed E-state index contributed by atoms with van der Waals surface area (Å²) in [6.45, 7) is 6.00. The lowest BCUT2D eigenvalue weighted by Gasteiger charge is -1.88. The Kier molecular flexibility index (Phi) is 12.8. The average Bonchev–Trinajstić information content (AvgIpc) is 2.78. The van der Waals surface area contributed by atoms with Gasteiger partial charge in [-0.1, -0.05) is 54.6 Å². The van der Waals surface area contributed by atoms with E-state index in [9.17, 15) is 14.4 Å². The number of carboxylic acid groups (broad SMARTS) is 3. The first-order chi connectivity index (χ1) is 13.9. The van der Waals surface area contributed by atoms with Crippen molar-refractivity contribution >= 4 is 17.9 Å². The molecule has 0 atom stereocenters. The minimum atomic E-state index is -0.879. The minimum Gasteiger partial charge on any atom is -0.478 e. The molecule has 150 valence electrons. The van der Waals surface area contributed by atoms with E-state index in [0.29, 0.717) is 16.7 Å². The normalized spacial score (nSPS) is 8.41. The van der Waals surface area contributed by atoms with Crippen molar-refractivity contribution in [3.8, 4) is 0 Å². The summed E-state index contributed by atoms with van der Waals surface area (Å²) in [5.74, 6) is -2.64. The summed E-state index contributed by atoms with van der Waals surface area (Å²) in [5.41, 5.74) is 0.993. The third-order valence-corrected chi connectivity index (χ3v) is 3.06. The zero-order chi connectivity index (χ0) is 22.1. The van der Waals surface area contributed by atoms with Gasteiger partial charge in [0.15, 0.2) is 0 Å². The van der Waals surface area contributed by atoms with Gasteiger partial charge in [0, 0.05) is 0 Å². The Morgan fingerprint density at radius 1 is 0.448 bits per heavy atom. The standard InChI is InChI=1S/3C7H6O2.C2H4/c3*8-7(9)6-4-2-1-3-5-6;1-2/h3*1-5H,(H,8,9);1-2H2. The molecule has 0 saturated heterocycles. The molecule has 0 aliphatic heterocycles. The Morgan fingerprint density at radius 2 is 0.621 bits per heavy atom. The molecule has 0 aliphatic carbocycles. The fourth-order valence-corrected chi connectivity index (χ4v) is 1.74. The molecule has 3 aromatic carbocycles. The summed E-state index contributed by atoms with van der Waals surface area (Å²) in [6.07, 6.45) is 0. The van der Waals surface area contributed by atoms with Crippen molar-refractivity contribution in [2.45, 2.75) is 0 Å². The Morgan fingerprint density at radius 3 is 0.724 bits per heavy atom. The smallest absolute Gasteiger partial charge is 0.335 e. The van der Waals surface area contributed by atoms with Crippen molar-refractivity contribution in [1.82, 2.24) is 0 Å². The lowest BCUT2D eigenvalue weighted by Crippen LogP contribution is -1.93. The summed E-state index contributed by atoms with van der Waals surface area (Å²) in [6, 6.07) is 24.9. The maximum Gasteiger partial charge on any atom is 0.335 e. The van der Waals surface area contributed by atoms with E-state index in [-0.39, 0.29) is 0 Å². The highest BCUT2D eigenvalue weighted by Crippen LogP contribution is 1.97. The Hall–Kier alpha value is -4.19. The highest BCUT2D eigenvalue weighted by molar-refractivity contribution is 5.88. The third-order valence-electron chi connectivity index (χ3n) is 3.06. The quantitative estimate of drug-likeness (QED) is 0.542. The van der Waals surface area contributed by atoms with Crippen LogP contribution in [-0.2, 0) is 0 Å². The van der Waals surface area contributed by atoms with Crippen molar-refractivity contribution in [3.63, 3.8) is 0 Å². The number of aromatic carboxylic acids is 3. The summed E-state index contributed by atoms with van der Waals surface area (Å²) in [4.78, 5) is 30.6. The van der Waals surface area contributed by atoms with Crippen molar-refractivity contribution in [2.75, 3.05) is 0 Å². The minimum absolute atomic E-state index is 0.331. The molecule has 0 heterocycles. The zero-order valence-corrected chi connectivity index (χ0v) is 15.6. The second-order valence-electron chi connectivity index (χ2n) is 5.01. The molecule has 0 aromatic heterocycles. The van der Waals surface area contributed by atoms with Gasteiger partial charge in [0.25, 0.3) is 0 Å². The van der Waals surface area contributed by atoms with E-state index in [0.717, 1.165) is 0 Å². The summed E-state index contributed by atoms with van der Waals surface area (Å²) >= 11 is 0. The molecule has 0 saturated carbocycles. The molecule has 0 aliphatic rings. The van der Waals surface area contributed by atoms with Gasteiger partial charge in [-0.2, -0.15) is 0 Å². The number of rotatable bonds is 3. The van der Waals surface area contributed by atoms with E-state index >= 15 is 0 Å². The summed E-state index contributed by atoms with van der Waals surface area (Å²) < 4.78 is 0. The van der Waals surface area contributed by atoms with Crippen LogP contribution < -0.4 is 0 Å². The van der Waals surface area contributed by atoms with E-state index in [1.807, 2.05) is 0 Å². The molecule has 0 spiro atoms. The van der Waals surface area contributed by atoms with E-state index in [4.69, 9.17) is 15.3 Å². The van der Waals surface area contributed by atoms with Gasteiger partial charge < -0.3 is 15.3 Å². The molecule has 6 nitrogen and oxygen atoms in total. The van der Waals surface area contributed by atoms with Crippen LogP contribution in [0.5, 0.6) is 0 Å². The van der Waals surface area contributed by atoms with E-state index in [2.05, 4.69) is 13.2 Å². The molecule has 3 aromatic rings. The fraction of sp³-hybridized carbons (Fsp3) is 0. The topological polar surface area (TPSA) is 112 Å².